The molecule has 3 heterocycles. The minimum atomic E-state index is -0.171. The molecule has 5 heteroatoms. The molecular weight excluding hydrogens is 404 g/mol. The molecule has 0 spiro atoms. The zero-order valence-corrected chi connectivity index (χ0v) is 18.1. The fourth-order valence-electron chi connectivity index (χ4n) is 5.01. The minimum Gasteiger partial charge on any atom is -0.507 e. The van der Waals surface area contributed by atoms with Crippen LogP contribution in [0.1, 0.15) is 51.4 Å². The number of hydrogen-bond donors (Lipinski definition) is 1. The number of nitrogens with zero attached hydrogens (tertiary/aromatic N) is 2. The number of fused-ring (bicyclic) bond motifs is 6. The average Bonchev–Trinajstić information content (AvgIpc) is 3.18. The molecule has 0 atom stereocenters. The van der Waals surface area contributed by atoms with Gasteiger partial charge in [-0.25, -0.2) is 0 Å². The third-order valence-corrected chi connectivity index (χ3v) is 7.87. The Hall–Kier alpha value is -3.18. The first kappa shape index (κ1) is 18.6. The van der Waals surface area contributed by atoms with Crippen LogP contribution < -0.4 is 5.56 Å². The molecule has 0 unspecified atom stereocenters. The van der Waals surface area contributed by atoms with E-state index in [0.717, 1.165) is 51.7 Å². The predicted molar refractivity (Wildman–Crippen MR) is 126 cm³/mol. The maximum Gasteiger partial charge on any atom is 0.282 e. The highest BCUT2D eigenvalue weighted by molar-refractivity contribution is 7.18. The zero-order valence-electron chi connectivity index (χ0n) is 17.3. The molecule has 1 aliphatic heterocycles. The van der Waals surface area contributed by atoms with Gasteiger partial charge in [-0.05, 0) is 54.9 Å². The van der Waals surface area contributed by atoms with Crippen LogP contribution in [-0.2, 0) is 19.4 Å². The lowest BCUT2D eigenvalue weighted by Crippen LogP contribution is -2.23. The second kappa shape index (κ2) is 6.92. The van der Waals surface area contributed by atoms with Crippen LogP contribution in [0, 0.1) is 6.92 Å². The Bertz CT molecular complexity index is 1460. The number of aliphatic hydroxyl groups is 1. The number of thiophene rings is 1. The van der Waals surface area contributed by atoms with Crippen LogP contribution in [0.15, 0.2) is 53.3 Å². The molecule has 2 aliphatic rings. The molecule has 6 rings (SSSR count). The quantitative estimate of drug-likeness (QED) is 0.361. The standard InChI is InChI=1S/C26H22N2O2S/c1-15-8-2-4-10-17(15)23(29)21-18-11-5-3-9-16(18)14-28-24(21)27-25(30)22-19-12-6-7-13-20(19)31-26(22)28/h2-5,8-11,29H,6-7,12-14H2,1H3/b23-21-. The van der Waals surface area contributed by atoms with Gasteiger partial charge in [0.1, 0.15) is 16.4 Å². The molecule has 0 amide bonds. The van der Waals surface area contributed by atoms with E-state index >= 15 is 0 Å². The maximum atomic E-state index is 13.2. The van der Waals surface area contributed by atoms with E-state index in [1.807, 2.05) is 49.4 Å². The number of benzene rings is 2. The second-order valence-electron chi connectivity index (χ2n) is 8.41. The molecule has 0 bridgehead atoms. The minimum absolute atomic E-state index is 0.171. The summed E-state index contributed by atoms with van der Waals surface area (Å²) in [6.45, 7) is 2.64. The van der Waals surface area contributed by atoms with Gasteiger partial charge in [0.05, 0.1) is 17.5 Å². The molecule has 2 aromatic carbocycles. The summed E-state index contributed by atoms with van der Waals surface area (Å²) >= 11 is 1.73. The van der Waals surface area contributed by atoms with Gasteiger partial charge in [0.2, 0.25) is 0 Å². The van der Waals surface area contributed by atoms with Crippen LogP contribution in [0.2, 0.25) is 0 Å². The van der Waals surface area contributed by atoms with E-state index in [9.17, 15) is 9.90 Å². The van der Waals surface area contributed by atoms with Crippen molar-refractivity contribution in [2.24, 2.45) is 0 Å². The largest absolute Gasteiger partial charge is 0.507 e. The van der Waals surface area contributed by atoms with Gasteiger partial charge in [-0.15, -0.1) is 11.3 Å². The van der Waals surface area contributed by atoms with Crippen molar-refractivity contribution >= 4 is 32.9 Å². The SMILES string of the molecule is Cc1ccccc1/C(O)=C1\c2ccccc2Cn2c1nc(=O)c1c3c(sc12)CCCC3. The number of aromatic nitrogens is 2. The molecule has 1 N–H and O–H groups in total. The summed E-state index contributed by atoms with van der Waals surface area (Å²) in [6, 6.07) is 15.9. The molecule has 1 aliphatic carbocycles. The van der Waals surface area contributed by atoms with Gasteiger partial charge in [0.15, 0.2) is 0 Å². The molecule has 2 aromatic heterocycles. The van der Waals surface area contributed by atoms with Crippen molar-refractivity contribution in [2.75, 3.05) is 0 Å². The Morgan fingerprint density at radius 3 is 2.71 bits per heavy atom. The van der Waals surface area contributed by atoms with Gasteiger partial charge in [0.25, 0.3) is 5.56 Å². The van der Waals surface area contributed by atoms with Crippen LogP contribution in [0.3, 0.4) is 0 Å². The summed E-state index contributed by atoms with van der Waals surface area (Å²) in [5, 5.41) is 12.3. The molecule has 4 aromatic rings. The summed E-state index contributed by atoms with van der Waals surface area (Å²) in [5.41, 5.74) is 5.49. The molecule has 154 valence electrons. The highest BCUT2D eigenvalue weighted by Gasteiger charge is 2.30. The lowest BCUT2D eigenvalue weighted by Gasteiger charge is -2.25. The summed E-state index contributed by atoms with van der Waals surface area (Å²) in [6.07, 6.45) is 4.30. The van der Waals surface area contributed by atoms with Gasteiger partial charge in [-0.2, -0.15) is 4.98 Å². The summed E-state index contributed by atoms with van der Waals surface area (Å²) in [4.78, 5) is 20.1. The first-order valence-electron chi connectivity index (χ1n) is 10.8. The van der Waals surface area contributed by atoms with E-state index in [2.05, 4.69) is 15.6 Å². The Kier molecular flexibility index (Phi) is 4.15. The van der Waals surface area contributed by atoms with Crippen molar-refractivity contribution in [1.82, 2.24) is 9.55 Å². The predicted octanol–water partition coefficient (Wildman–Crippen LogP) is 5.48. The van der Waals surface area contributed by atoms with Crippen molar-refractivity contribution in [3.63, 3.8) is 0 Å². The molecule has 0 saturated carbocycles. The van der Waals surface area contributed by atoms with E-state index in [1.165, 1.54) is 16.9 Å². The lowest BCUT2D eigenvalue weighted by atomic mass is 9.91. The van der Waals surface area contributed by atoms with E-state index in [0.29, 0.717) is 17.9 Å². The van der Waals surface area contributed by atoms with E-state index in [-0.39, 0.29) is 11.3 Å². The third kappa shape index (κ3) is 2.73. The van der Waals surface area contributed by atoms with Gasteiger partial charge in [-0.3, -0.25) is 4.79 Å². The van der Waals surface area contributed by atoms with Gasteiger partial charge in [-0.1, -0.05) is 48.5 Å². The highest BCUT2D eigenvalue weighted by atomic mass is 32.1. The number of aryl methyl sites for hydroxylation is 3. The zero-order chi connectivity index (χ0) is 21.1. The molecule has 0 fully saturated rings. The van der Waals surface area contributed by atoms with Gasteiger partial charge < -0.3 is 9.67 Å². The van der Waals surface area contributed by atoms with Crippen LogP contribution in [0.25, 0.3) is 21.5 Å². The topological polar surface area (TPSA) is 55.1 Å². The monoisotopic (exact) mass is 426 g/mol. The van der Waals surface area contributed by atoms with E-state index < -0.39 is 0 Å². The molecule has 4 nitrogen and oxygen atoms in total. The number of hydrogen-bond acceptors (Lipinski definition) is 4. The third-order valence-electron chi connectivity index (χ3n) is 6.55. The fourth-order valence-corrected chi connectivity index (χ4v) is 6.39. The summed E-state index contributed by atoms with van der Waals surface area (Å²) in [5.74, 6) is 0.738. The number of rotatable bonds is 1. The molecular formula is C26H22N2O2S. The normalized spacial score (nSPS) is 16.5. The van der Waals surface area contributed by atoms with Crippen LogP contribution >= 0.6 is 11.3 Å². The van der Waals surface area contributed by atoms with Gasteiger partial charge >= 0.3 is 0 Å². The Labute approximate surface area is 184 Å². The lowest BCUT2D eigenvalue weighted by molar-refractivity contribution is 0.511. The first-order valence-corrected chi connectivity index (χ1v) is 11.6. The fraction of sp³-hybridized carbons (Fsp3) is 0.231. The van der Waals surface area contributed by atoms with E-state index in [4.69, 9.17) is 0 Å². The number of aliphatic hydroxyl groups excluding tert-OH is 1. The molecule has 0 saturated heterocycles. The van der Waals surface area contributed by atoms with Crippen LogP contribution in [0.5, 0.6) is 0 Å². The molecule has 31 heavy (non-hydrogen) atoms. The average molecular weight is 427 g/mol. The second-order valence-corrected chi connectivity index (χ2v) is 9.50. The van der Waals surface area contributed by atoms with E-state index in [1.54, 1.807) is 11.3 Å². The summed E-state index contributed by atoms with van der Waals surface area (Å²) in [7, 11) is 0. The smallest absolute Gasteiger partial charge is 0.282 e. The molecule has 0 radical (unpaired) electrons. The van der Waals surface area contributed by atoms with Gasteiger partial charge in [0, 0.05) is 10.4 Å². The maximum absolute atomic E-state index is 13.2. The van der Waals surface area contributed by atoms with Crippen LogP contribution in [-0.4, -0.2) is 14.7 Å². The Morgan fingerprint density at radius 1 is 1.06 bits per heavy atom. The van der Waals surface area contributed by atoms with Crippen molar-refractivity contribution in [1.29, 1.82) is 0 Å². The first-order chi connectivity index (χ1) is 15.1. The summed E-state index contributed by atoms with van der Waals surface area (Å²) < 4.78 is 2.14. The van der Waals surface area contributed by atoms with Crippen LogP contribution in [0.4, 0.5) is 0 Å². The Morgan fingerprint density at radius 2 is 1.84 bits per heavy atom. The van der Waals surface area contributed by atoms with Crippen molar-refractivity contribution in [3.05, 3.63) is 97.4 Å². The van der Waals surface area contributed by atoms with Crippen molar-refractivity contribution in [3.8, 4) is 0 Å². The van der Waals surface area contributed by atoms with Crippen molar-refractivity contribution < 1.29 is 5.11 Å². The Balaban J connectivity index is 1.72. The van der Waals surface area contributed by atoms with Crippen molar-refractivity contribution in [2.45, 2.75) is 39.2 Å². The highest BCUT2D eigenvalue weighted by Crippen LogP contribution is 2.41.